The van der Waals surface area contributed by atoms with E-state index >= 15 is 0 Å². The Kier molecular flexibility index (Phi) is 2.38. The van der Waals surface area contributed by atoms with E-state index in [0.717, 1.165) is 24.8 Å². The number of rotatable bonds is 1. The summed E-state index contributed by atoms with van der Waals surface area (Å²) in [5.74, 6) is 0.115. The number of nitrogens with two attached hydrogens (primary N) is 1. The van der Waals surface area contributed by atoms with Gasteiger partial charge in [0.2, 0.25) is 0 Å². The summed E-state index contributed by atoms with van der Waals surface area (Å²) in [5.41, 5.74) is 8.29. The first-order valence-corrected chi connectivity index (χ1v) is 6.13. The van der Waals surface area contributed by atoms with Gasteiger partial charge in [0.05, 0.1) is 10.6 Å². The van der Waals surface area contributed by atoms with Gasteiger partial charge in [-0.1, -0.05) is 13.8 Å². The summed E-state index contributed by atoms with van der Waals surface area (Å²) in [6.45, 7) is 6.16. The molecule has 0 unspecified atom stereocenters. The minimum atomic E-state index is 0.115. The van der Waals surface area contributed by atoms with Crippen molar-refractivity contribution in [2.75, 3.05) is 5.73 Å². The van der Waals surface area contributed by atoms with E-state index < -0.39 is 0 Å². The van der Waals surface area contributed by atoms with E-state index in [2.05, 4.69) is 13.8 Å². The summed E-state index contributed by atoms with van der Waals surface area (Å²) in [6, 6.07) is 0. The summed E-state index contributed by atoms with van der Waals surface area (Å²) in [5, 5.41) is 0.713. The van der Waals surface area contributed by atoms with Crippen LogP contribution in [0.4, 0.5) is 5.00 Å². The van der Waals surface area contributed by atoms with Crippen LogP contribution in [0.1, 0.15) is 48.0 Å². The predicted molar refractivity (Wildman–Crippen MR) is 64.5 cm³/mol. The number of Topliss-reactive ketones (excluding diaryl/α,β-unsaturated/α-hetero) is 1. The maximum Gasteiger partial charge on any atom is 0.163 e. The fourth-order valence-corrected chi connectivity index (χ4v) is 3.74. The SMILES string of the molecule is CC(=O)c1c(N)sc2c1CCC(C)(C)C2. The maximum absolute atomic E-state index is 11.5. The van der Waals surface area contributed by atoms with Crippen molar-refractivity contribution in [3.05, 3.63) is 16.0 Å². The fourth-order valence-electron chi connectivity index (χ4n) is 2.31. The summed E-state index contributed by atoms with van der Waals surface area (Å²) >= 11 is 1.60. The van der Waals surface area contributed by atoms with Crippen LogP contribution >= 0.6 is 11.3 Å². The van der Waals surface area contributed by atoms with Crippen LogP contribution in [0.5, 0.6) is 0 Å². The number of thiophene rings is 1. The van der Waals surface area contributed by atoms with E-state index in [1.165, 1.54) is 10.4 Å². The molecule has 1 aromatic rings. The minimum absolute atomic E-state index is 0.115. The van der Waals surface area contributed by atoms with Crippen molar-refractivity contribution in [2.24, 2.45) is 5.41 Å². The molecule has 2 nitrogen and oxygen atoms in total. The zero-order valence-electron chi connectivity index (χ0n) is 9.52. The molecule has 15 heavy (non-hydrogen) atoms. The lowest BCUT2D eigenvalue weighted by Crippen LogP contribution is -2.21. The first-order valence-electron chi connectivity index (χ1n) is 5.32. The Morgan fingerprint density at radius 2 is 2.13 bits per heavy atom. The summed E-state index contributed by atoms with van der Waals surface area (Å²) in [6.07, 6.45) is 3.21. The van der Waals surface area contributed by atoms with Crippen LogP contribution in [0.3, 0.4) is 0 Å². The van der Waals surface area contributed by atoms with Gasteiger partial charge in [-0.25, -0.2) is 0 Å². The Hall–Kier alpha value is -0.830. The van der Waals surface area contributed by atoms with Gasteiger partial charge < -0.3 is 5.73 Å². The second-order valence-corrected chi connectivity index (χ2v) is 6.28. The van der Waals surface area contributed by atoms with Crippen LogP contribution < -0.4 is 5.73 Å². The Labute approximate surface area is 94.5 Å². The van der Waals surface area contributed by atoms with Crippen LogP contribution in [0, 0.1) is 5.41 Å². The number of nitrogen functional groups attached to an aromatic ring is 1. The zero-order chi connectivity index (χ0) is 11.2. The molecule has 2 rings (SSSR count). The van der Waals surface area contributed by atoms with Gasteiger partial charge in [0, 0.05) is 4.88 Å². The lowest BCUT2D eigenvalue weighted by molar-refractivity contribution is 0.101. The van der Waals surface area contributed by atoms with Gasteiger partial charge in [-0.05, 0) is 37.2 Å². The molecule has 1 aliphatic carbocycles. The summed E-state index contributed by atoms with van der Waals surface area (Å²) < 4.78 is 0. The zero-order valence-corrected chi connectivity index (χ0v) is 10.3. The number of fused-ring (bicyclic) bond motifs is 1. The fraction of sp³-hybridized carbons (Fsp3) is 0.583. The van der Waals surface area contributed by atoms with E-state index in [0.29, 0.717) is 10.4 Å². The normalized spacial score (nSPS) is 18.6. The van der Waals surface area contributed by atoms with Crippen molar-refractivity contribution in [2.45, 2.75) is 40.0 Å². The molecule has 0 spiro atoms. The third-order valence-corrected chi connectivity index (χ3v) is 4.22. The lowest BCUT2D eigenvalue weighted by atomic mass is 9.76. The molecule has 1 aromatic heterocycles. The van der Waals surface area contributed by atoms with Crippen LogP contribution in [0.15, 0.2) is 0 Å². The van der Waals surface area contributed by atoms with Crippen molar-refractivity contribution < 1.29 is 4.79 Å². The highest BCUT2D eigenvalue weighted by Gasteiger charge is 2.30. The second kappa shape index (κ2) is 3.34. The van der Waals surface area contributed by atoms with Crippen molar-refractivity contribution in [1.82, 2.24) is 0 Å². The van der Waals surface area contributed by atoms with Gasteiger partial charge in [0.15, 0.2) is 5.78 Å². The Morgan fingerprint density at radius 1 is 1.47 bits per heavy atom. The van der Waals surface area contributed by atoms with Crippen molar-refractivity contribution in [3.63, 3.8) is 0 Å². The average Bonchev–Trinajstić information content (AvgIpc) is 2.37. The molecular formula is C12H17NOS. The monoisotopic (exact) mass is 223 g/mol. The summed E-state index contributed by atoms with van der Waals surface area (Å²) in [4.78, 5) is 12.8. The van der Waals surface area contributed by atoms with Gasteiger partial charge in [-0.2, -0.15) is 0 Å². The first kappa shape index (κ1) is 10.7. The minimum Gasteiger partial charge on any atom is -0.390 e. The standard InChI is InChI=1S/C12H17NOS/c1-7(14)10-8-4-5-12(2,3)6-9(8)15-11(10)13/h4-6,13H2,1-3H3. The molecule has 0 saturated heterocycles. The van der Waals surface area contributed by atoms with Gasteiger partial charge in [0.25, 0.3) is 0 Å². The van der Waals surface area contributed by atoms with Crippen LogP contribution in [-0.2, 0) is 12.8 Å². The van der Waals surface area contributed by atoms with Crippen LogP contribution in [0.25, 0.3) is 0 Å². The van der Waals surface area contributed by atoms with Gasteiger partial charge in [-0.15, -0.1) is 11.3 Å². The van der Waals surface area contributed by atoms with Crippen molar-refractivity contribution in [3.8, 4) is 0 Å². The number of carbonyl (C=O) groups is 1. The molecule has 82 valence electrons. The van der Waals surface area contributed by atoms with Gasteiger partial charge >= 0.3 is 0 Å². The van der Waals surface area contributed by atoms with Crippen molar-refractivity contribution >= 4 is 22.1 Å². The molecule has 0 amide bonds. The molecule has 3 heteroatoms. The van der Waals surface area contributed by atoms with Crippen LogP contribution in [0.2, 0.25) is 0 Å². The predicted octanol–water partition coefficient (Wildman–Crippen LogP) is 3.05. The van der Waals surface area contributed by atoms with E-state index in [1.54, 1.807) is 18.3 Å². The molecule has 0 radical (unpaired) electrons. The Balaban J connectivity index is 2.48. The number of carbonyl (C=O) groups excluding carboxylic acids is 1. The van der Waals surface area contributed by atoms with E-state index in [9.17, 15) is 4.79 Å². The van der Waals surface area contributed by atoms with Crippen LogP contribution in [-0.4, -0.2) is 5.78 Å². The van der Waals surface area contributed by atoms with Gasteiger partial charge in [-0.3, -0.25) is 4.79 Å². The first-order chi connectivity index (χ1) is 6.91. The lowest BCUT2D eigenvalue weighted by Gasteiger charge is -2.29. The number of ketones is 1. The molecule has 2 N–H and O–H groups in total. The Morgan fingerprint density at radius 3 is 2.73 bits per heavy atom. The summed E-state index contributed by atoms with van der Waals surface area (Å²) in [7, 11) is 0. The van der Waals surface area contributed by atoms with Crippen molar-refractivity contribution in [1.29, 1.82) is 0 Å². The highest BCUT2D eigenvalue weighted by Crippen LogP contribution is 2.42. The third kappa shape index (κ3) is 1.81. The molecule has 0 bridgehead atoms. The molecular weight excluding hydrogens is 206 g/mol. The number of anilines is 1. The molecule has 1 aliphatic rings. The van der Waals surface area contributed by atoms with Gasteiger partial charge in [0.1, 0.15) is 0 Å². The maximum atomic E-state index is 11.5. The van der Waals surface area contributed by atoms with E-state index in [1.807, 2.05) is 0 Å². The molecule has 1 heterocycles. The molecule has 0 atom stereocenters. The average molecular weight is 223 g/mol. The smallest absolute Gasteiger partial charge is 0.163 e. The Bertz CT molecular complexity index is 418. The molecule has 0 aromatic carbocycles. The van der Waals surface area contributed by atoms with E-state index in [4.69, 9.17) is 5.73 Å². The molecule has 0 saturated carbocycles. The highest BCUT2D eigenvalue weighted by molar-refractivity contribution is 7.16. The number of hydrogen-bond acceptors (Lipinski definition) is 3. The topological polar surface area (TPSA) is 43.1 Å². The quantitative estimate of drug-likeness (QED) is 0.744. The second-order valence-electron chi connectivity index (χ2n) is 5.14. The molecule has 0 fully saturated rings. The largest absolute Gasteiger partial charge is 0.390 e. The third-order valence-electron chi connectivity index (χ3n) is 3.16. The van der Waals surface area contributed by atoms with E-state index in [-0.39, 0.29) is 5.78 Å². The molecule has 0 aliphatic heterocycles. The number of hydrogen-bond donors (Lipinski definition) is 1. The highest BCUT2D eigenvalue weighted by atomic mass is 32.1.